The van der Waals surface area contributed by atoms with E-state index in [1.54, 1.807) is 36.7 Å². The number of nitrogens with one attached hydrogen (secondary N) is 1. The van der Waals surface area contributed by atoms with Crippen molar-refractivity contribution < 1.29 is 24.2 Å². The van der Waals surface area contributed by atoms with E-state index in [9.17, 15) is 14.7 Å². The Morgan fingerprint density at radius 2 is 1.06 bits per heavy atom. The van der Waals surface area contributed by atoms with Crippen molar-refractivity contribution in [1.82, 2.24) is 19.4 Å². The maximum absolute atomic E-state index is 12.9. The molecule has 1 amide bonds. The van der Waals surface area contributed by atoms with Crippen LogP contribution in [0.4, 0.5) is 0 Å². The second-order valence-electron chi connectivity index (χ2n) is 15.7. The zero-order valence-corrected chi connectivity index (χ0v) is 38.3. The number of amides is 1. The van der Waals surface area contributed by atoms with E-state index in [-0.39, 0.29) is 11.5 Å². The molecule has 3 heterocycles. The maximum Gasteiger partial charge on any atom is 0.335 e. The molecule has 0 unspecified atom stereocenters. The van der Waals surface area contributed by atoms with Crippen molar-refractivity contribution in [2.24, 2.45) is 0 Å². The van der Waals surface area contributed by atoms with Crippen molar-refractivity contribution >= 4 is 35.1 Å². The van der Waals surface area contributed by atoms with Gasteiger partial charge >= 0.3 is 5.97 Å². The molecule has 67 heavy (non-hydrogen) atoms. The first kappa shape index (κ1) is 45.7. The van der Waals surface area contributed by atoms with Crippen LogP contribution in [0.3, 0.4) is 0 Å². The third-order valence-corrected chi connectivity index (χ3v) is 11.5. The molecule has 0 spiro atoms. The number of ether oxygens (including phenoxy) is 2. The topological polar surface area (TPSA) is 108 Å². The first-order valence-corrected chi connectivity index (χ1v) is 22.3. The molecule has 3 aromatic heterocycles. The Hall–Kier alpha value is -7.85. The van der Waals surface area contributed by atoms with E-state index in [2.05, 4.69) is 19.4 Å². The van der Waals surface area contributed by atoms with Gasteiger partial charge in [-0.2, -0.15) is 0 Å². The lowest BCUT2D eigenvalue weighted by atomic mass is 10.1. The summed E-state index contributed by atoms with van der Waals surface area (Å²) >= 11 is 12.7. The normalized spacial score (nSPS) is 10.7. The van der Waals surface area contributed by atoms with E-state index in [0.29, 0.717) is 35.4 Å². The van der Waals surface area contributed by atoms with Gasteiger partial charge in [-0.15, -0.1) is 0 Å². The number of aromatic nitrogens is 3. The summed E-state index contributed by atoms with van der Waals surface area (Å²) in [5.41, 5.74) is 11.4. The molecular weight excluding hydrogens is 880 g/mol. The fourth-order valence-corrected chi connectivity index (χ4v) is 7.98. The average Bonchev–Trinajstić information content (AvgIpc) is 3.95. The fourth-order valence-electron chi connectivity index (χ4n) is 7.63. The highest BCUT2D eigenvalue weighted by Gasteiger charge is 2.18. The predicted octanol–water partition coefficient (Wildman–Crippen LogP) is 13.4. The summed E-state index contributed by atoms with van der Waals surface area (Å²) in [6, 6.07) is 57.6. The van der Waals surface area contributed by atoms with Crippen LogP contribution in [0, 0.1) is 13.8 Å². The number of nitrogens with zero attached hydrogens (tertiary/aromatic N) is 3. The summed E-state index contributed by atoms with van der Waals surface area (Å²) in [6.07, 6.45) is 3.43. The molecule has 9 aromatic rings. The van der Waals surface area contributed by atoms with E-state index >= 15 is 0 Å². The zero-order chi connectivity index (χ0) is 46.7. The lowest BCUT2D eigenvalue weighted by Gasteiger charge is -2.17. The molecule has 9 nitrogen and oxygen atoms in total. The van der Waals surface area contributed by atoms with E-state index in [4.69, 9.17) is 32.7 Å². The van der Waals surface area contributed by atoms with E-state index in [0.717, 1.165) is 73.5 Å². The van der Waals surface area contributed by atoms with Crippen molar-refractivity contribution in [3.8, 4) is 45.4 Å². The van der Waals surface area contributed by atoms with Gasteiger partial charge in [-0.3, -0.25) is 9.78 Å². The van der Waals surface area contributed by atoms with Crippen LogP contribution in [0.1, 0.15) is 48.8 Å². The van der Waals surface area contributed by atoms with Gasteiger partial charge in [-0.1, -0.05) is 89.9 Å². The number of pyridine rings is 1. The van der Waals surface area contributed by atoms with Gasteiger partial charge in [0.15, 0.2) is 0 Å². The number of aryl methyl sites for hydroxylation is 2. The standard InChI is InChI=1S/C31H26ClN3O2.C25H20ClNO3/c1-22-10-12-29(28-19-26(32)11-13-30(28)37-21-24-6-3-2-4-7-24)35(22)27-9-5-8-25(18-27)31(36)34-20-23-14-16-33-17-15-23;1-17-7-13-23(27(17)21-11-8-19(9-12-21)25(28)29)22-15-20(26)10-14-24(22)30-16-18-5-3-2-4-6-18/h2-19H,20-21H2,1H3,(H,34,36);2-15H,16H2,1H3,(H,28,29). The Kier molecular flexibility index (Phi) is 14.6. The van der Waals surface area contributed by atoms with Gasteiger partial charge in [0.25, 0.3) is 5.91 Å². The molecule has 0 atom stereocenters. The van der Waals surface area contributed by atoms with Crippen molar-refractivity contribution in [3.05, 3.63) is 244 Å². The summed E-state index contributed by atoms with van der Waals surface area (Å²) in [7, 11) is 0. The number of carboxylic acids is 1. The lowest BCUT2D eigenvalue weighted by molar-refractivity contribution is 0.0696. The van der Waals surface area contributed by atoms with Gasteiger partial charge in [0, 0.05) is 68.4 Å². The van der Waals surface area contributed by atoms with Gasteiger partial charge < -0.3 is 29.0 Å². The van der Waals surface area contributed by atoms with Gasteiger partial charge in [-0.05, 0) is 146 Å². The number of carbonyl (C=O) groups excluding carboxylic acids is 1. The minimum Gasteiger partial charge on any atom is -0.488 e. The second kappa shape index (κ2) is 21.4. The Morgan fingerprint density at radius 1 is 0.537 bits per heavy atom. The third kappa shape index (κ3) is 11.3. The number of halogens is 2. The molecule has 11 heteroatoms. The average molecular weight is 926 g/mol. The minimum absolute atomic E-state index is 0.139. The molecular formula is C56H46Cl2N4O5. The molecule has 0 saturated carbocycles. The highest BCUT2D eigenvalue weighted by atomic mass is 35.5. The molecule has 0 aliphatic heterocycles. The number of aromatic carboxylic acids is 1. The SMILES string of the molecule is Cc1ccc(-c2cc(Cl)ccc2OCc2ccccc2)n1-c1ccc(C(=O)O)cc1.Cc1ccc(-c2cc(Cl)ccc2OCc2ccccc2)n1-c1cccc(C(=O)NCc2ccncc2)c1. The summed E-state index contributed by atoms with van der Waals surface area (Å²) in [4.78, 5) is 28.1. The van der Waals surface area contributed by atoms with Crippen LogP contribution < -0.4 is 14.8 Å². The van der Waals surface area contributed by atoms with E-state index in [1.165, 1.54) is 0 Å². The van der Waals surface area contributed by atoms with Crippen LogP contribution in [0.5, 0.6) is 11.5 Å². The summed E-state index contributed by atoms with van der Waals surface area (Å²) in [5, 5.41) is 13.4. The highest BCUT2D eigenvalue weighted by molar-refractivity contribution is 6.31. The third-order valence-electron chi connectivity index (χ3n) is 11.0. The summed E-state index contributed by atoms with van der Waals surface area (Å²) in [5.74, 6) is 0.376. The van der Waals surface area contributed by atoms with Gasteiger partial charge in [0.2, 0.25) is 0 Å². The van der Waals surface area contributed by atoms with E-state index < -0.39 is 5.97 Å². The van der Waals surface area contributed by atoms with Gasteiger partial charge in [-0.25, -0.2) is 4.79 Å². The molecule has 0 fully saturated rings. The van der Waals surface area contributed by atoms with Crippen molar-refractivity contribution in [2.75, 3.05) is 0 Å². The summed E-state index contributed by atoms with van der Waals surface area (Å²) in [6.45, 7) is 5.37. The van der Waals surface area contributed by atoms with Crippen molar-refractivity contribution in [1.29, 1.82) is 0 Å². The minimum atomic E-state index is -0.947. The fraction of sp³-hybridized carbons (Fsp3) is 0.0893. The molecule has 0 aliphatic rings. The molecule has 2 N–H and O–H groups in total. The quantitative estimate of drug-likeness (QED) is 0.112. The van der Waals surface area contributed by atoms with Crippen molar-refractivity contribution in [3.63, 3.8) is 0 Å². The number of hydrogen-bond donors (Lipinski definition) is 2. The van der Waals surface area contributed by atoms with Gasteiger partial charge in [0.05, 0.1) is 17.0 Å². The van der Waals surface area contributed by atoms with Crippen LogP contribution in [-0.4, -0.2) is 31.1 Å². The van der Waals surface area contributed by atoms with Crippen LogP contribution >= 0.6 is 23.2 Å². The van der Waals surface area contributed by atoms with Crippen LogP contribution in [0.15, 0.2) is 194 Å². The predicted molar refractivity (Wildman–Crippen MR) is 266 cm³/mol. The Balaban J connectivity index is 0.000000186. The largest absolute Gasteiger partial charge is 0.488 e. The van der Waals surface area contributed by atoms with Crippen LogP contribution in [-0.2, 0) is 19.8 Å². The van der Waals surface area contributed by atoms with Crippen LogP contribution in [0.2, 0.25) is 10.0 Å². The number of carbonyl (C=O) groups is 2. The molecule has 6 aromatic carbocycles. The highest BCUT2D eigenvalue weighted by Crippen LogP contribution is 2.38. The molecule has 334 valence electrons. The summed E-state index contributed by atoms with van der Waals surface area (Å²) < 4.78 is 16.5. The van der Waals surface area contributed by atoms with Crippen LogP contribution in [0.25, 0.3) is 33.9 Å². The smallest absolute Gasteiger partial charge is 0.335 e. The first-order valence-electron chi connectivity index (χ1n) is 21.5. The molecule has 0 saturated heterocycles. The van der Waals surface area contributed by atoms with Crippen molar-refractivity contribution in [2.45, 2.75) is 33.6 Å². The number of rotatable bonds is 14. The number of hydrogen-bond acceptors (Lipinski definition) is 5. The number of carboxylic acid groups (broad SMARTS) is 1. The monoisotopic (exact) mass is 924 g/mol. The number of benzene rings is 6. The molecule has 0 bridgehead atoms. The van der Waals surface area contributed by atoms with Gasteiger partial charge in [0.1, 0.15) is 24.7 Å². The Labute approximate surface area is 399 Å². The Bertz CT molecular complexity index is 3120. The van der Waals surface area contributed by atoms with E-state index in [1.807, 2.05) is 172 Å². The lowest BCUT2D eigenvalue weighted by Crippen LogP contribution is -2.22. The molecule has 0 aliphatic carbocycles. The molecule has 9 rings (SSSR count). The molecule has 0 radical (unpaired) electrons. The first-order chi connectivity index (χ1) is 32.6. The second-order valence-corrected chi connectivity index (χ2v) is 16.5. The Morgan fingerprint density at radius 3 is 1.58 bits per heavy atom. The maximum atomic E-state index is 12.9. The zero-order valence-electron chi connectivity index (χ0n) is 36.8.